The van der Waals surface area contributed by atoms with Crippen LogP contribution in [0.4, 0.5) is 10.5 Å². The van der Waals surface area contributed by atoms with Gasteiger partial charge >= 0.3 is 6.03 Å². The summed E-state index contributed by atoms with van der Waals surface area (Å²) >= 11 is 1.78. The number of carbonyl (C=O) groups excluding carboxylic acids is 1. The van der Waals surface area contributed by atoms with Gasteiger partial charge in [0.15, 0.2) is 0 Å². The summed E-state index contributed by atoms with van der Waals surface area (Å²) in [5, 5.41) is 9.14. The summed E-state index contributed by atoms with van der Waals surface area (Å²) in [6, 6.07) is 9.81. The minimum atomic E-state index is -1.15. The summed E-state index contributed by atoms with van der Waals surface area (Å²) in [7, 11) is 0. The van der Waals surface area contributed by atoms with Gasteiger partial charge in [-0.25, -0.2) is 14.8 Å². The molecule has 0 saturated heterocycles. The number of aromatic nitrogens is 2. The number of hydrogen-bond acceptors (Lipinski definition) is 7. The molecule has 0 radical (unpaired) electrons. The Morgan fingerprint density at radius 3 is 2.68 bits per heavy atom. The molecule has 1 unspecified atom stereocenters. The molecule has 0 bridgehead atoms. The number of hydrogen-bond donors (Lipinski definition) is 3. The standard InChI is InChI=1S/C24H27N5O2S3/c1-3-5-12-34(31)23-20(25)19-17(13-18(29-22(19)33-23)21-27-10-11-32-21)16-8-6-15(7-9-16)14-28-24(30)26-4-2/h6-11,13H,3-5,12,14,25H2,1-2H3,(H2,26,28,30). The number of carbonyl (C=O) groups is 1. The number of thiophene rings is 1. The molecule has 0 saturated carbocycles. The van der Waals surface area contributed by atoms with E-state index in [0.29, 0.717) is 28.7 Å². The zero-order chi connectivity index (χ0) is 24.1. The normalized spacial score (nSPS) is 12.1. The third-order valence-electron chi connectivity index (χ3n) is 5.26. The van der Waals surface area contributed by atoms with Crippen molar-refractivity contribution >= 4 is 55.8 Å². The molecule has 7 nitrogen and oxygen atoms in total. The molecule has 2 amide bonds. The fourth-order valence-corrected chi connectivity index (χ4v) is 6.93. The summed E-state index contributed by atoms with van der Waals surface area (Å²) in [5.41, 5.74) is 10.8. The van der Waals surface area contributed by atoms with Crippen LogP contribution in [0.1, 0.15) is 32.3 Å². The first-order chi connectivity index (χ1) is 16.5. The van der Waals surface area contributed by atoms with Gasteiger partial charge in [-0.2, -0.15) is 0 Å². The molecule has 0 fully saturated rings. The maximum atomic E-state index is 12.9. The third-order valence-corrected chi connectivity index (χ3v) is 9.05. The lowest BCUT2D eigenvalue weighted by Crippen LogP contribution is -2.34. The van der Waals surface area contributed by atoms with Crippen molar-refractivity contribution in [3.8, 4) is 21.8 Å². The molecule has 0 aliphatic carbocycles. The van der Waals surface area contributed by atoms with Crippen LogP contribution in [0.25, 0.3) is 32.0 Å². The predicted octanol–water partition coefficient (Wildman–Crippen LogP) is 5.40. The Bertz CT molecular complexity index is 1260. The van der Waals surface area contributed by atoms with Gasteiger partial charge in [-0.1, -0.05) is 48.9 Å². The van der Waals surface area contributed by atoms with Gasteiger partial charge < -0.3 is 20.9 Å². The zero-order valence-corrected chi connectivity index (χ0v) is 21.5. The molecule has 3 heterocycles. The molecule has 0 spiro atoms. The van der Waals surface area contributed by atoms with Crippen molar-refractivity contribution in [2.24, 2.45) is 0 Å². The van der Waals surface area contributed by atoms with E-state index in [-0.39, 0.29) is 6.03 Å². The van der Waals surface area contributed by atoms with Gasteiger partial charge in [0.2, 0.25) is 4.21 Å². The van der Waals surface area contributed by atoms with E-state index in [9.17, 15) is 9.35 Å². The summed E-state index contributed by atoms with van der Waals surface area (Å²) in [4.78, 5) is 21.7. The topological polar surface area (TPSA) is 116 Å². The second kappa shape index (κ2) is 11.2. The molecular weight excluding hydrogens is 486 g/mol. The van der Waals surface area contributed by atoms with Crippen LogP contribution in [0.5, 0.6) is 0 Å². The molecule has 0 aliphatic rings. The van der Waals surface area contributed by atoms with Crippen molar-refractivity contribution in [1.29, 1.82) is 0 Å². The minimum absolute atomic E-state index is 0.190. The Morgan fingerprint density at radius 2 is 2.00 bits per heavy atom. The van der Waals surface area contributed by atoms with Gasteiger partial charge in [-0.3, -0.25) is 0 Å². The summed E-state index contributed by atoms with van der Waals surface area (Å²) < 4.78 is 13.6. The lowest BCUT2D eigenvalue weighted by atomic mass is 10.0. The number of anilines is 1. The zero-order valence-electron chi connectivity index (χ0n) is 19.1. The van der Waals surface area contributed by atoms with E-state index >= 15 is 0 Å². The van der Waals surface area contributed by atoms with Crippen molar-refractivity contribution in [2.45, 2.75) is 37.4 Å². The van der Waals surface area contributed by atoms with E-state index in [1.165, 1.54) is 22.7 Å². The molecule has 0 aliphatic heterocycles. The average Bonchev–Trinajstić information content (AvgIpc) is 3.50. The van der Waals surface area contributed by atoms with Crippen LogP contribution >= 0.6 is 22.7 Å². The second-order valence-electron chi connectivity index (χ2n) is 7.69. The molecule has 4 aromatic rings. The monoisotopic (exact) mass is 513 g/mol. The highest BCUT2D eigenvalue weighted by molar-refractivity contribution is 7.93. The highest BCUT2D eigenvalue weighted by atomic mass is 32.2. The van der Waals surface area contributed by atoms with E-state index < -0.39 is 11.2 Å². The van der Waals surface area contributed by atoms with Gasteiger partial charge in [0.1, 0.15) is 27.0 Å². The molecule has 34 heavy (non-hydrogen) atoms. The number of thiazole rings is 1. The lowest BCUT2D eigenvalue weighted by Gasteiger charge is -2.10. The molecule has 1 atom stereocenters. The Hall–Kier alpha value is -2.66. The van der Waals surface area contributed by atoms with Crippen LogP contribution in [0, 0.1) is 0 Å². The van der Waals surface area contributed by atoms with Crippen LogP contribution in [0.15, 0.2) is 46.1 Å². The molecule has 3 aromatic heterocycles. The van der Waals surface area contributed by atoms with Crippen molar-refractivity contribution in [2.75, 3.05) is 18.0 Å². The fraction of sp³-hybridized carbons (Fsp3) is 0.292. The van der Waals surface area contributed by atoms with Crippen molar-refractivity contribution in [1.82, 2.24) is 20.6 Å². The second-order valence-corrected chi connectivity index (χ2v) is 11.3. The maximum absolute atomic E-state index is 12.9. The van der Waals surface area contributed by atoms with Crippen LogP contribution in [-0.4, -0.2) is 32.8 Å². The smallest absolute Gasteiger partial charge is 0.315 e. The summed E-state index contributed by atoms with van der Waals surface area (Å²) in [6.45, 7) is 4.98. The molecular formula is C24H27N5O2S3. The first-order valence-electron chi connectivity index (χ1n) is 11.1. The van der Waals surface area contributed by atoms with Crippen molar-refractivity contribution in [3.05, 3.63) is 47.5 Å². The van der Waals surface area contributed by atoms with Crippen molar-refractivity contribution in [3.63, 3.8) is 0 Å². The largest absolute Gasteiger partial charge is 0.611 e. The Balaban J connectivity index is 1.74. The Morgan fingerprint density at radius 1 is 1.21 bits per heavy atom. The quantitative estimate of drug-likeness (QED) is 0.259. The number of nitrogens with two attached hydrogens (primary N) is 1. The van der Waals surface area contributed by atoms with Crippen LogP contribution < -0.4 is 16.4 Å². The number of pyridine rings is 1. The Kier molecular flexibility index (Phi) is 8.04. The van der Waals surface area contributed by atoms with E-state index in [1.807, 2.05) is 42.6 Å². The Labute approximate surface area is 210 Å². The van der Waals surface area contributed by atoms with Crippen LogP contribution in [0.2, 0.25) is 0 Å². The first kappa shape index (κ1) is 24.5. The number of nitrogens with zero attached hydrogens (tertiary/aromatic N) is 2. The van der Waals surface area contributed by atoms with Crippen molar-refractivity contribution < 1.29 is 9.35 Å². The number of urea groups is 1. The van der Waals surface area contributed by atoms with E-state index in [1.54, 1.807) is 6.20 Å². The molecule has 4 N–H and O–H groups in total. The molecule has 1 aromatic carbocycles. The maximum Gasteiger partial charge on any atom is 0.315 e. The number of unbranched alkanes of at least 4 members (excludes halogenated alkanes) is 1. The highest BCUT2D eigenvalue weighted by Gasteiger charge is 2.25. The van der Waals surface area contributed by atoms with E-state index in [0.717, 1.165) is 50.5 Å². The van der Waals surface area contributed by atoms with Crippen LogP contribution in [0.3, 0.4) is 0 Å². The minimum Gasteiger partial charge on any atom is -0.611 e. The third kappa shape index (κ3) is 5.35. The SMILES string of the molecule is CCCC[S+]([O-])c1sc2nc(-c3nccs3)cc(-c3ccc(CNC(=O)NCC)cc3)c2c1N. The van der Waals surface area contributed by atoms with E-state index in [4.69, 9.17) is 10.7 Å². The van der Waals surface area contributed by atoms with Crippen LogP contribution in [-0.2, 0) is 17.7 Å². The van der Waals surface area contributed by atoms with Gasteiger partial charge in [0, 0.05) is 30.1 Å². The predicted molar refractivity (Wildman–Crippen MR) is 143 cm³/mol. The number of rotatable bonds is 9. The molecule has 178 valence electrons. The first-order valence-corrected chi connectivity index (χ1v) is 14.2. The summed E-state index contributed by atoms with van der Waals surface area (Å²) in [6.07, 6.45) is 3.63. The van der Waals surface area contributed by atoms with E-state index in [2.05, 4.69) is 22.5 Å². The number of fused-ring (bicyclic) bond motifs is 1. The van der Waals surface area contributed by atoms with Gasteiger partial charge in [-0.15, -0.1) is 11.3 Å². The fourth-order valence-electron chi connectivity index (χ4n) is 3.53. The average molecular weight is 514 g/mol. The van der Waals surface area contributed by atoms with Gasteiger partial charge in [0.25, 0.3) is 0 Å². The number of amides is 2. The van der Waals surface area contributed by atoms with Gasteiger partial charge in [0.05, 0.1) is 0 Å². The number of nitrogen functional groups attached to an aromatic ring is 1. The highest BCUT2D eigenvalue weighted by Crippen LogP contribution is 2.43. The van der Waals surface area contributed by atoms with Gasteiger partial charge in [-0.05, 0) is 47.3 Å². The lowest BCUT2D eigenvalue weighted by molar-refractivity contribution is 0.241. The molecule has 10 heteroatoms. The number of nitrogens with one attached hydrogen (secondary N) is 2. The summed E-state index contributed by atoms with van der Waals surface area (Å²) in [5.74, 6) is 0.593. The molecule has 4 rings (SSSR count). The number of benzene rings is 1.